The molecule has 1 N–H and O–H groups in total. The maximum absolute atomic E-state index is 12.8. The zero-order chi connectivity index (χ0) is 19.6. The maximum atomic E-state index is 12.8. The summed E-state index contributed by atoms with van der Waals surface area (Å²) >= 11 is 0. The van der Waals surface area contributed by atoms with Crippen LogP contribution < -0.4 is 0 Å². The average molecular weight is 363 g/mol. The molecular formula is C23H25NO3. The molecule has 4 nitrogen and oxygen atoms in total. The Labute approximate surface area is 160 Å². The smallest absolute Gasteiger partial charge is 0.259 e. The molecule has 0 aliphatic carbocycles. The minimum Gasteiger partial charge on any atom is -0.515 e. The van der Waals surface area contributed by atoms with Crippen molar-refractivity contribution in [1.82, 2.24) is 4.90 Å². The first-order chi connectivity index (χ1) is 12.8. The summed E-state index contributed by atoms with van der Waals surface area (Å²) in [5.41, 5.74) is 2.96. The Kier molecular flexibility index (Phi) is 5.17. The highest BCUT2D eigenvalue weighted by Crippen LogP contribution is 2.31. The Morgan fingerprint density at radius 2 is 1.67 bits per heavy atom. The molecule has 2 aromatic carbocycles. The normalized spacial score (nSPS) is 18.9. The third-order valence-electron chi connectivity index (χ3n) is 4.86. The molecular weight excluding hydrogens is 338 g/mol. The van der Waals surface area contributed by atoms with Gasteiger partial charge in [0.05, 0.1) is 11.8 Å². The number of amides is 2. The number of rotatable bonds is 3. The van der Waals surface area contributed by atoms with Crippen LogP contribution in [0.4, 0.5) is 0 Å². The van der Waals surface area contributed by atoms with Gasteiger partial charge in [-0.1, -0.05) is 75.4 Å². The lowest BCUT2D eigenvalue weighted by Crippen LogP contribution is -2.45. The van der Waals surface area contributed by atoms with Gasteiger partial charge in [0.15, 0.2) is 0 Å². The molecule has 27 heavy (non-hydrogen) atoms. The zero-order valence-electron chi connectivity index (χ0n) is 16.0. The number of aliphatic hydroxyl groups is 1. The first kappa shape index (κ1) is 18.9. The SMILES string of the molecule is CC(C)(C)C(=O)N1C(=O)/C(=C/O)C[C@H]1Cc1ccc(-c2ccccc2)cc1. The van der Waals surface area contributed by atoms with E-state index < -0.39 is 5.41 Å². The van der Waals surface area contributed by atoms with Gasteiger partial charge in [-0.15, -0.1) is 0 Å². The largest absolute Gasteiger partial charge is 0.515 e. The van der Waals surface area contributed by atoms with E-state index in [2.05, 4.69) is 24.3 Å². The van der Waals surface area contributed by atoms with Crippen LogP contribution in [0, 0.1) is 5.41 Å². The molecule has 1 fully saturated rings. The number of likely N-dealkylation sites (tertiary alicyclic amines) is 1. The van der Waals surface area contributed by atoms with Crippen molar-refractivity contribution in [2.24, 2.45) is 5.41 Å². The van der Waals surface area contributed by atoms with E-state index in [4.69, 9.17) is 0 Å². The molecule has 2 aromatic rings. The highest BCUT2D eigenvalue weighted by molar-refractivity contribution is 6.07. The second-order valence-electron chi connectivity index (χ2n) is 8.01. The van der Waals surface area contributed by atoms with E-state index in [0.717, 1.165) is 23.0 Å². The van der Waals surface area contributed by atoms with E-state index in [9.17, 15) is 14.7 Å². The molecule has 0 aromatic heterocycles. The van der Waals surface area contributed by atoms with E-state index in [0.29, 0.717) is 18.4 Å². The van der Waals surface area contributed by atoms with Gasteiger partial charge in [-0.2, -0.15) is 0 Å². The molecule has 4 heteroatoms. The lowest BCUT2D eigenvalue weighted by Gasteiger charge is -2.29. The summed E-state index contributed by atoms with van der Waals surface area (Å²) in [6, 6.07) is 18.0. The van der Waals surface area contributed by atoms with Crippen molar-refractivity contribution in [2.75, 3.05) is 0 Å². The van der Waals surface area contributed by atoms with Crippen molar-refractivity contribution in [3.05, 3.63) is 72.0 Å². The highest BCUT2D eigenvalue weighted by atomic mass is 16.2. The molecule has 1 heterocycles. The van der Waals surface area contributed by atoms with Crippen molar-refractivity contribution in [3.8, 4) is 11.1 Å². The number of nitrogens with zero attached hydrogens (tertiary/aromatic N) is 1. The summed E-state index contributed by atoms with van der Waals surface area (Å²) in [4.78, 5) is 26.6. The van der Waals surface area contributed by atoms with Gasteiger partial charge in [0.1, 0.15) is 0 Å². The Balaban J connectivity index is 1.82. The topological polar surface area (TPSA) is 57.6 Å². The summed E-state index contributed by atoms with van der Waals surface area (Å²) in [6.07, 6.45) is 1.78. The number of carbonyl (C=O) groups is 2. The molecule has 2 amide bonds. The number of imide groups is 1. The molecule has 140 valence electrons. The van der Waals surface area contributed by atoms with Crippen LogP contribution in [0.2, 0.25) is 0 Å². The predicted molar refractivity (Wildman–Crippen MR) is 106 cm³/mol. The molecule has 1 aliphatic heterocycles. The van der Waals surface area contributed by atoms with Crippen molar-refractivity contribution >= 4 is 11.8 Å². The lowest BCUT2D eigenvalue weighted by molar-refractivity contribution is -0.148. The second kappa shape index (κ2) is 7.39. The van der Waals surface area contributed by atoms with Crippen molar-refractivity contribution < 1.29 is 14.7 Å². The van der Waals surface area contributed by atoms with E-state index in [-0.39, 0.29) is 17.9 Å². The monoisotopic (exact) mass is 363 g/mol. The Hall–Kier alpha value is -2.88. The quantitative estimate of drug-likeness (QED) is 0.645. The molecule has 0 saturated carbocycles. The second-order valence-corrected chi connectivity index (χ2v) is 8.01. The van der Waals surface area contributed by atoms with Crippen molar-refractivity contribution in [2.45, 2.75) is 39.7 Å². The van der Waals surface area contributed by atoms with Crippen LogP contribution in [-0.2, 0) is 16.0 Å². The summed E-state index contributed by atoms with van der Waals surface area (Å²) < 4.78 is 0. The summed E-state index contributed by atoms with van der Waals surface area (Å²) in [6.45, 7) is 5.40. The van der Waals surface area contributed by atoms with Crippen LogP contribution in [0.3, 0.4) is 0 Å². The Bertz CT molecular complexity index is 861. The van der Waals surface area contributed by atoms with Gasteiger partial charge in [-0.3, -0.25) is 14.5 Å². The number of carbonyl (C=O) groups excluding carboxylic acids is 2. The van der Waals surface area contributed by atoms with Gasteiger partial charge < -0.3 is 5.11 Å². The first-order valence-electron chi connectivity index (χ1n) is 9.17. The van der Waals surface area contributed by atoms with Gasteiger partial charge in [0.2, 0.25) is 5.91 Å². The minimum absolute atomic E-state index is 0.213. The van der Waals surface area contributed by atoms with Gasteiger partial charge in [0.25, 0.3) is 5.91 Å². The molecule has 0 spiro atoms. The molecule has 0 unspecified atom stereocenters. The van der Waals surface area contributed by atoms with Crippen LogP contribution in [0.5, 0.6) is 0 Å². The van der Waals surface area contributed by atoms with Gasteiger partial charge >= 0.3 is 0 Å². The highest BCUT2D eigenvalue weighted by Gasteiger charge is 2.43. The number of benzene rings is 2. The maximum Gasteiger partial charge on any atom is 0.259 e. The number of hydrogen-bond acceptors (Lipinski definition) is 3. The predicted octanol–water partition coefficient (Wildman–Crippen LogP) is 4.51. The van der Waals surface area contributed by atoms with E-state index in [1.807, 2.05) is 30.3 Å². The molecule has 3 rings (SSSR count). The summed E-state index contributed by atoms with van der Waals surface area (Å²) in [7, 11) is 0. The minimum atomic E-state index is -0.657. The zero-order valence-corrected chi connectivity index (χ0v) is 16.0. The first-order valence-corrected chi connectivity index (χ1v) is 9.17. The van der Waals surface area contributed by atoms with Crippen LogP contribution in [0.25, 0.3) is 11.1 Å². The fourth-order valence-electron chi connectivity index (χ4n) is 3.38. The Morgan fingerprint density at radius 1 is 1.07 bits per heavy atom. The fourth-order valence-corrected chi connectivity index (χ4v) is 3.38. The van der Waals surface area contributed by atoms with Crippen LogP contribution in [0.1, 0.15) is 32.8 Å². The van der Waals surface area contributed by atoms with Gasteiger partial charge in [-0.05, 0) is 23.1 Å². The Morgan fingerprint density at radius 3 is 2.22 bits per heavy atom. The lowest BCUT2D eigenvalue weighted by atomic mass is 9.93. The molecule has 0 radical (unpaired) electrons. The fraction of sp³-hybridized carbons (Fsp3) is 0.304. The van der Waals surface area contributed by atoms with E-state index >= 15 is 0 Å². The van der Waals surface area contributed by atoms with E-state index in [1.54, 1.807) is 20.8 Å². The van der Waals surface area contributed by atoms with E-state index in [1.165, 1.54) is 4.90 Å². The summed E-state index contributed by atoms with van der Waals surface area (Å²) in [5.74, 6) is -0.599. The van der Waals surface area contributed by atoms with Crippen LogP contribution in [0.15, 0.2) is 66.4 Å². The van der Waals surface area contributed by atoms with Crippen LogP contribution in [-0.4, -0.2) is 27.9 Å². The van der Waals surface area contributed by atoms with Crippen LogP contribution >= 0.6 is 0 Å². The van der Waals surface area contributed by atoms with Gasteiger partial charge in [-0.25, -0.2) is 0 Å². The third-order valence-corrected chi connectivity index (χ3v) is 4.86. The third kappa shape index (κ3) is 3.95. The summed E-state index contributed by atoms with van der Waals surface area (Å²) in [5, 5.41) is 9.36. The average Bonchev–Trinajstić information content (AvgIpc) is 2.96. The van der Waals surface area contributed by atoms with Crippen molar-refractivity contribution in [3.63, 3.8) is 0 Å². The molecule has 1 atom stereocenters. The van der Waals surface area contributed by atoms with Crippen molar-refractivity contribution in [1.29, 1.82) is 0 Å². The number of hydrogen-bond donors (Lipinski definition) is 1. The molecule has 1 aliphatic rings. The molecule has 0 bridgehead atoms. The van der Waals surface area contributed by atoms with Gasteiger partial charge in [0, 0.05) is 17.9 Å². The molecule has 1 saturated heterocycles. The number of aliphatic hydroxyl groups excluding tert-OH is 1. The standard InChI is InChI=1S/C23H25NO3/c1-23(2,3)22(27)24-20(14-19(15-25)21(24)26)13-16-9-11-18(12-10-16)17-7-5-4-6-8-17/h4-12,15,20,25H,13-14H2,1-3H3/b19-15+/t20-/m1/s1.